The first-order chi connectivity index (χ1) is 7.79. The summed E-state index contributed by atoms with van der Waals surface area (Å²) in [5, 5.41) is 0. The van der Waals surface area contributed by atoms with Gasteiger partial charge in [-0.25, -0.2) is 0 Å². The molecule has 2 N–H and O–H groups in total. The van der Waals surface area contributed by atoms with Crippen molar-refractivity contribution in [1.29, 1.82) is 0 Å². The molecule has 0 amide bonds. The van der Waals surface area contributed by atoms with Crippen molar-refractivity contribution < 1.29 is 17.9 Å². The van der Waals surface area contributed by atoms with Crippen molar-refractivity contribution in [3.63, 3.8) is 0 Å². The minimum atomic E-state index is -4.27. The van der Waals surface area contributed by atoms with Crippen molar-refractivity contribution in [3.05, 3.63) is 29.8 Å². The van der Waals surface area contributed by atoms with Gasteiger partial charge in [0, 0.05) is 11.6 Å². The van der Waals surface area contributed by atoms with Crippen LogP contribution in [0.25, 0.3) is 0 Å². The SMILES string of the molecule is CC(C)Oc1ccccc1[C@H](N)CC(F)(F)F.Cl. The van der Waals surface area contributed by atoms with Crippen LogP contribution in [0.3, 0.4) is 0 Å². The second-order valence-corrected chi connectivity index (χ2v) is 4.13. The molecule has 18 heavy (non-hydrogen) atoms. The molecule has 1 aromatic rings. The highest BCUT2D eigenvalue weighted by molar-refractivity contribution is 5.85. The second-order valence-electron chi connectivity index (χ2n) is 4.13. The summed E-state index contributed by atoms with van der Waals surface area (Å²) in [6.45, 7) is 3.62. The smallest absolute Gasteiger partial charge is 0.390 e. The summed E-state index contributed by atoms with van der Waals surface area (Å²) < 4.78 is 42.2. The number of benzene rings is 1. The molecular weight excluding hydrogens is 267 g/mol. The van der Waals surface area contributed by atoms with Gasteiger partial charge in [-0.3, -0.25) is 0 Å². The van der Waals surface area contributed by atoms with Crippen molar-refractivity contribution in [2.24, 2.45) is 5.73 Å². The highest BCUT2D eigenvalue weighted by atomic mass is 35.5. The molecule has 0 saturated heterocycles. The van der Waals surface area contributed by atoms with E-state index in [0.717, 1.165) is 0 Å². The minimum Gasteiger partial charge on any atom is -0.491 e. The Morgan fingerprint density at radius 1 is 1.22 bits per heavy atom. The van der Waals surface area contributed by atoms with Crippen LogP contribution in [0, 0.1) is 0 Å². The van der Waals surface area contributed by atoms with E-state index in [1.54, 1.807) is 24.3 Å². The maximum Gasteiger partial charge on any atom is 0.390 e. The summed E-state index contributed by atoms with van der Waals surface area (Å²) >= 11 is 0. The predicted octanol–water partition coefficient (Wildman–Crippen LogP) is 3.85. The van der Waals surface area contributed by atoms with Crippen LogP contribution in [-0.4, -0.2) is 12.3 Å². The van der Waals surface area contributed by atoms with Crippen LogP contribution in [0.2, 0.25) is 0 Å². The Balaban J connectivity index is 0.00000289. The molecule has 0 aliphatic heterocycles. The third kappa shape index (κ3) is 5.60. The van der Waals surface area contributed by atoms with E-state index in [2.05, 4.69) is 0 Å². The van der Waals surface area contributed by atoms with Crippen molar-refractivity contribution in [3.8, 4) is 5.75 Å². The number of alkyl halides is 3. The molecule has 6 heteroatoms. The largest absolute Gasteiger partial charge is 0.491 e. The number of hydrogen-bond acceptors (Lipinski definition) is 2. The van der Waals surface area contributed by atoms with Gasteiger partial charge in [-0.15, -0.1) is 12.4 Å². The fraction of sp³-hybridized carbons (Fsp3) is 0.500. The van der Waals surface area contributed by atoms with Gasteiger partial charge in [0.2, 0.25) is 0 Å². The maximum absolute atomic E-state index is 12.3. The summed E-state index contributed by atoms with van der Waals surface area (Å²) in [5.41, 5.74) is 5.95. The molecule has 0 aromatic heterocycles. The average molecular weight is 284 g/mol. The monoisotopic (exact) mass is 283 g/mol. The first-order valence-corrected chi connectivity index (χ1v) is 5.37. The first-order valence-electron chi connectivity index (χ1n) is 5.37. The number of nitrogens with two attached hydrogens (primary N) is 1. The van der Waals surface area contributed by atoms with E-state index in [1.165, 1.54) is 0 Å². The van der Waals surface area contributed by atoms with Crippen LogP contribution in [-0.2, 0) is 0 Å². The van der Waals surface area contributed by atoms with Gasteiger partial charge in [-0.05, 0) is 19.9 Å². The summed E-state index contributed by atoms with van der Waals surface area (Å²) in [6, 6.07) is 5.46. The first kappa shape index (κ1) is 17.1. The van der Waals surface area contributed by atoms with Gasteiger partial charge in [-0.1, -0.05) is 18.2 Å². The fourth-order valence-electron chi connectivity index (χ4n) is 1.51. The molecule has 0 spiro atoms. The molecule has 1 aromatic carbocycles. The molecule has 1 rings (SSSR count). The van der Waals surface area contributed by atoms with Gasteiger partial charge in [-0.2, -0.15) is 13.2 Å². The molecular formula is C12H17ClF3NO. The Kier molecular flexibility index (Phi) is 6.49. The third-order valence-corrected chi connectivity index (χ3v) is 2.13. The topological polar surface area (TPSA) is 35.2 Å². The molecule has 0 saturated carbocycles. The van der Waals surface area contributed by atoms with Crippen LogP contribution in [0.4, 0.5) is 13.2 Å². The van der Waals surface area contributed by atoms with Gasteiger partial charge < -0.3 is 10.5 Å². The third-order valence-electron chi connectivity index (χ3n) is 2.13. The van der Waals surface area contributed by atoms with Crippen LogP contribution in [0.1, 0.15) is 31.9 Å². The molecule has 1 atom stereocenters. The highest BCUT2D eigenvalue weighted by Gasteiger charge is 2.31. The molecule has 0 radical (unpaired) electrons. The van der Waals surface area contributed by atoms with E-state index in [0.29, 0.717) is 11.3 Å². The van der Waals surface area contributed by atoms with Gasteiger partial charge in [0.15, 0.2) is 0 Å². The van der Waals surface area contributed by atoms with Crippen LogP contribution in [0.15, 0.2) is 24.3 Å². The normalized spacial score (nSPS) is 13.1. The number of para-hydroxylation sites is 1. The number of hydrogen-bond donors (Lipinski definition) is 1. The number of halogens is 4. The van der Waals surface area contributed by atoms with Crippen molar-refractivity contribution in [2.45, 2.75) is 38.6 Å². The summed E-state index contributed by atoms with van der Waals surface area (Å²) in [4.78, 5) is 0. The Bertz CT molecular complexity index is 369. The summed E-state index contributed by atoms with van der Waals surface area (Å²) in [7, 11) is 0. The highest BCUT2D eigenvalue weighted by Crippen LogP contribution is 2.32. The average Bonchev–Trinajstić information content (AvgIpc) is 2.14. The van der Waals surface area contributed by atoms with Crippen LogP contribution < -0.4 is 10.5 Å². The standard InChI is InChI=1S/C12H16F3NO.ClH/c1-8(2)17-11-6-4-3-5-9(11)10(16)7-12(13,14)15;/h3-6,8,10H,7,16H2,1-2H3;1H/t10-;/m1./s1. The lowest BCUT2D eigenvalue weighted by Gasteiger charge is -2.19. The van der Waals surface area contributed by atoms with E-state index in [-0.39, 0.29) is 18.5 Å². The Morgan fingerprint density at radius 3 is 2.28 bits per heavy atom. The molecule has 0 fully saturated rings. The summed E-state index contributed by atoms with van der Waals surface area (Å²) in [6.07, 6.45) is -5.43. The molecule has 0 bridgehead atoms. The van der Waals surface area contributed by atoms with Gasteiger partial charge >= 0.3 is 6.18 Å². The van der Waals surface area contributed by atoms with E-state index in [1.807, 2.05) is 13.8 Å². The number of rotatable bonds is 4. The molecule has 0 aliphatic carbocycles. The molecule has 104 valence electrons. The van der Waals surface area contributed by atoms with E-state index >= 15 is 0 Å². The molecule has 0 aliphatic rings. The second kappa shape index (κ2) is 6.85. The zero-order valence-corrected chi connectivity index (χ0v) is 11.0. The minimum absolute atomic E-state index is 0. The van der Waals surface area contributed by atoms with E-state index in [4.69, 9.17) is 10.5 Å². The van der Waals surface area contributed by atoms with E-state index in [9.17, 15) is 13.2 Å². The summed E-state index contributed by atoms with van der Waals surface area (Å²) in [5.74, 6) is 0.416. The van der Waals surface area contributed by atoms with Crippen LogP contribution >= 0.6 is 12.4 Å². The lowest BCUT2D eigenvalue weighted by atomic mass is 10.0. The Labute approximate surface area is 111 Å². The lowest BCUT2D eigenvalue weighted by molar-refractivity contribution is -0.138. The van der Waals surface area contributed by atoms with Gasteiger partial charge in [0.1, 0.15) is 5.75 Å². The Morgan fingerprint density at radius 2 is 1.78 bits per heavy atom. The molecule has 0 heterocycles. The lowest BCUT2D eigenvalue weighted by Crippen LogP contribution is -2.21. The molecule has 0 unspecified atom stereocenters. The molecule has 2 nitrogen and oxygen atoms in total. The van der Waals surface area contributed by atoms with Gasteiger partial charge in [0.05, 0.1) is 12.5 Å². The van der Waals surface area contributed by atoms with E-state index < -0.39 is 18.6 Å². The zero-order chi connectivity index (χ0) is 13.1. The zero-order valence-electron chi connectivity index (χ0n) is 10.2. The van der Waals surface area contributed by atoms with Gasteiger partial charge in [0.25, 0.3) is 0 Å². The quantitative estimate of drug-likeness (QED) is 0.911. The maximum atomic E-state index is 12.3. The number of ether oxygens (including phenoxy) is 1. The fourth-order valence-corrected chi connectivity index (χ4v) is 1.51. The van der Waals surface area contributed by atoms with Crippen LogP contribution in [0.5, 0.6) is 5.75 Å². The Hall–Kier alpha value is -0.940. The van der Waals surface area contributed by atoms with Crippen molar-refractivity contribution in [2.75, 3.05) is 0 Å². The van der Waals surface area contributed by atoms with Crippen molar-refractivity contribution in [1.82, 2.24) is 0 Å². The van der Waals surface area contributed by atoms with Crippen molar-refractivity contribution >= 4 is 12.4 Å². The predicted molar refractivity (Wildman–Crippen MR) is 67.1 cm³/mol.